The standard InChI is InChI=1S/C19H36N2O2/c1-14(2)12-16(20-17-6-5-9-19(17,3)4)18(23)21-10-7-15(13-22)8-11-21/h14-17,20,22H,5-13H2,1-4H3/t16-,17-/m1/s1. The summed E-state index contributed by atoms with van der Waals surface area (Å²) >= 11 is 0. The molecular weight excluding hydrogens is 288 g/mol. The molecule has 2 rings (SSSR count). The molecule has 4 nitrogen and oxygen atoms in total. The van der Waals surface area contributed by atoms with Gasteiger partial charge in [0.1, 0.15) is 0 Å². The van der Waals surface area contributed by atoms with Gasteiger partial charge in [0, 0.05) is 25.7 Å². The lowest BCUT2D eigenvalue weighted by atomic mass is 9.86. The third kappa shape index (κ3) is 4.93. The molecule has 23 heavy (non-hydrogen) atoms. The monoisotopic (exact) mass is 324 g/mol. The van der Waals surface area contributed by atoms with Gasteiger partial charge in [0.25, 0.3) is 0 Å². The van der Waals surface area contributed by atoms with Crippen LogP contribution in [0.4, 0.5) is 0 Å². The minimum absolute atomic E-state index is 0.0527. The molecule has 2 N–H and O–H groups in total. The maximum atomic E-state index is 13.0. The quantitative estimate of drug-likeness (QED) is 0.790. The summed E-state index contributed by atoms with van der Waals surface area (Å²) < 4.78 is 0. The summed E-state index contributed by atoms with van der Waals surface area (Å²) in [5, 5.41) is 13.0. The van der Waals surface area contributed by atoms with Crippen molar-refractivity contribution in [1.29, 1.82) is 0 Å². The lowest BCUT2D eigenvalue weighted by Crippen LogP contribution is -2.54. The van der Waals surface area contributed by atoms with E-state index in [4.69, 9.17) is 0 Å². The number of nitrogens with zero attached hydrogens (tertiary/aromatic N) is 1. The molecule has 4 heteroatoms. The first-order chi connectivity index (χ1) is 10.8. The Labute approximate surface area is 142 Å². The minimum Gasteiger partial charge on any atom is -0.396 e. The van der Waals surface area contributed by atoms with Crippen LogP contribution in [0.5, 0.6) is 0 Å². The maximum Gasteiger partial charge on any atom is 0.239 e. The highest BCUT2D eigenvalue weighted by molar-refractivity contribution is 5.82. The van der Waals surface area contributed by atoms with Gasteiger partial charge in [-0.05, 0) is 49.4 Å². The van der Waals surface area contributed by atoms with Crippen LogP contribution in [0.2, 0.25) is 0 Å². The molecule has 2 aliphatic rings. The van der Waals surface area contributed by atoms with Gasteiger partial charge < -0.3 is 15.3 Å². The van der Waals surface area contributed by atoms with E-state index in [0.29, 0.717) is 23.3 Å². The average Bonchev–Trinajstić information content (AvgIpc) is 2.84. The van der Waals surface area contributed by atoms with Crippen molar-refractivity contribution < 1.29 is 9.90 Å². The number of piperidine rings is 1. The van der Waals surface area contributed by atoms with Crippen molar-refractivity contribution in [2.45, 2.75) is 78.3 Å². The Kier molecular flexibility index (Phi) is 6.49. The second-order valence-electron chi connectivity index (χ2n) is 8.73. The zero-order chi connectivity index (χ0) is 17.0. The number of carbonyl (C=O) groups is 1. The molecule has 0 aromatic rings. The first-order valence-electron chi connectivity index (χ1n) is 9.49. The highest BCUT2D eigenvalue weighted by Gasteiger charge is 2.38. The van der Waals surface area contributed by atoms with Crippen molar-refractivity contribution >= 4 is 5.91 Å². The Bertz CT molecular complexity index is 387. The molecule has 2 atom stereocenters. The Morgan fingerprint density at radius 1 is 1.26 bits per heavy atom. The topological polar surface area (TPSA) is 52.6 Å². The summed E-state index contributed by atoms with van der Waals surface area (Å²) in [6, 6.07) is 0.397. The van der Waals surface area contributed by atoms with Gasteiger partial charge in [0.15, 0.2) is 0 Å². The predicted octanol–water partition coefficient (Wildman–Crippen LogP) is 2.80. The molecule has 2 fully saturated rings. The number of hydrogen-bond donors (Lipinski definition) is 2. The Balaban J connectivity index is 1.98. The molecule has 0 radical (unpaired) electrons. The van der Waals surface area contributed by atoms with Gasteiger partial charge in [-0.1, -0.05) is 34.1 Å². The molecule has 0 spiro atoms. The molecule has 1 saturated carbocycles. The van der Waals surface area contributed by atoms with E-state index in [-0.39, 0.29) is 18.6 Å². The minimum atomic E-state index is -0.0527. The summed E-state index contributed by atoms with van der Waals surface area (Å²) in [7, 11) is 0. The average molecular weight is 325 g/mol. The highest BCUT2D eigenvalue weighted by Crippen LogP contribution is 2.37. The van der Waals surface area contributed by atoms with Gasteiger partial charge in [0.2, 0.25) is 5.91 Å². The van der Waals surface area contributed by atoms with Crippen molar-refractivity contribution in [2.75, 3.05) is 19.7 Å². The van der Waals surface area contributed by atoms with Gasteiger partial charge in [-0.25, -0.2) is 0 Å². The fourth-order valence-electron chi connectivity index (χ4n) is 4.15. The molecule has 134 valence electrons. The molecule has 0 unspecified atom stereocenters. The number of likely N-dealkylation sites (tertiary alicyclic amines) is 1. The first kappa shape index (κ1) is 18.7. The summed E-state index contributed by atoms with van der Waals surface area (Å²) in [5.41, 5.74) is 0.291. The number of amides is 1. The van der Waals surface area contributed by atoms with Gasteiger partial charge in [-0.3, -0.25) is 4.79 Å². The normalized spacial score (nSPS) is 26.7. The van der Waals surface area contributed by atoms with Crippen molar-refractivity contribution in [3.8, 4) is 0 Å². The molecule has 0 aromatic heterocycles. The predicted molar refractivity (Wildman–Crippen MR) is 94.2 cm³/mol. The van der Waals surface area contributed by atoms with Gasteiger partial charge in [0.05, 0.1) is 6.04 Å². The summed E-state index contributed by atoms with van der Waals surface area (Å²) in [6.07, 6.45) is 6.47. The Morgan fingerprint density at radius 2 is 1.91 bits per heavy atom. The lowest BCUT2D eigenvalue weighted by Gasteiger charge is -2.37. The Morgan fingerprint density at radius 3 is 2.39 bits per heavy atom. The van der Waals surface area contributed by atoms with E-state index >= 15 is 0 Å². The van der Waals surface area contributed by atoms with Crippen LogP contribution >= 0.6 is 0 Å². The summed E-state index contributed by atoms with van der Waals surface area (Å²) in [5.74, 6) is 1.16. The number of carbonyl (C=O) groups excluding carboxylic acids is 1. The largest absolute Gasteiger partial charge is 0.396 e. The number of aliphatic hydroxyl groups is 1. The van der Waals surface area contributed by atoms with E-state index < -0.39 is 0 Å². The van der Waals surface area contributed by atoms with Gasteiger partial charge in [-0.2, -0.15) is 0 Å². The zero-order valence-electron chi connectivity index (χ0n) is 15.5. The van der Waals surface area contributed by atoms with E-state index in [1.807, 2.05) is 4.90 Å². The maximum absolute atomic E-state index is 13.0. The fraction of sp³-hybridized carbons (Fsp3) is 0.947. The van der Waals surface area contributed by atoms with E-state index in [0.717, 1.165) is 32.4 Å². The lowest BCUT2D eigenvalue weighted by molar-refractivity contribution is -0.136. The smallest absolute Gasteiger partial charge is 0.239 e. The molecule has 1 saturated heterocycles. The molecular formula is C19H36N2O2. The van der Waals surface area contributed by atoms with Crippen LogP contribution in [-0.2, 0) is 4.79 Å². The van der Waals surface area contributed by atoms with Crippen LogP contribution < -0.4 is 5.32 Å². The second-order valence-corrected chi connectivity index (χ2v) is 8.73. The van der Waals surface area contributed by atoms with Crippen molar-refractivity contribution in [1.82, 2.24) is 10.2 Å². The third-order valence-electron chi connectivity index (χ3n) is 5.85. The van der Waals surface area contributed by atoms with E-state index in [2.05, 4.69) is 33.0 Å². The number of aliphatic hydroxyl groups excluding tert-OH is 1. The molecule has 0 aromatic carbocycles. The number of nitrogens with one attached hydrogen (secondary N) is 1. The van der Waals surface area contributed by atoms with Gasteiger partial charge in [-0.15, -0.1) is 0 Å². The van der Waals surface area contributed by atoms with Crippen molar-refractivity contribution in [3.05, 3.63) is 0 Å². The van der Waals surface area contributed by atoms with Crippen LogP contribution in [-0.4, -0.2) is 47.7 Å². The van der Waals surface area contributed by atoms with Crippen LogP contribution in [0.1, 0.15) is 66.2 Å². The Hall–Kier alpha value is -0.610. The van der Waals surface area contributed by atoms with E-state index in [1.165, 1.54) is 19.3 Å². The van der Waals surface area contributed by atoms with Crippen molar-refractivity contribution in [2.24, 2.45) is 17.3 Å². The molecule has 1 aliphatic heterocycles. The molecule has 1 aliphatic carbocycles. The van der Waals surface area contributed by atoms with Crippen LogP contribution in [0.15, 0.2) is 0 Å². The fourth-order valence-corrected chi connectivity index (χ4v) is 4.15. The van der Waals surface area contributed by atoms with Gasteiger partial charge >= 0.3 is 0 Å². The first-order valence-corrected chi connectivity index (χ1v) is 9.49. The SMILES string of the molecule is CC(C)C[C@@H](N[C@@H]1CCCC1(C)C)C(=O)N1CCC(CO)CC1. The van der Waals surface area contributed by atoms with E-state index in [1.54, 1.807) is 0 Å². The van der Waals surface area contributed by atoms with E-state index in [9.17, 15) is 9.90 Å². The summed E-state index contributed by atoms with van der Waals surface area (Å²) in [4.78, 5) is 15.1. The highest BCUT2D eigenvalue weighted by atomic mass is 16.3. The molecule has 1 heterocycles. The molecule has 1 amide bonds. The molecule has 0 bridgehead atoms. The van der Waals surface area contributed by atoms with Crippen LogP contribution in [0, 0.1) is 17.3 Å². The number of hydrogen-bond acceptors (Lipinski definition) is 3. The zero-order valence-corrected chi connectivity index (χ0v) is 15.5. The third-order valence-corrected chi connectivity index (χ3v) is 5.85. The summed E-state index contributed by atoms with van der Waals surface area (Å²) in [6.45, 7) is 10.9. The number of rotatable bonds is 6. The van der Waals surface area contributed by atoms with Crippen LogP contribution in [0.3, 0.4) is 0 Å². The van der Waals surface area contributed by atoms with Crippen molar-refractivity contribution in [3.63, 3.8) is 0 Å². The second kappa shape index (κ2) is 7.98. The van der Waals surface area contributed by atoms with Crippen LogP contribution in [0.25, 0.3) is 0 Å².